The maximum atomic E-state index is 13.6. The fourth-order valence-corrected chi connectivity index (χ4v) is 10.4. The highest BCUT2D eigenvalue weighted by molar-refractivity contribution is 8.00. The molecule has 1 aromatic heterocycles. The van der Waals surface area contributed by atoms with Crippen LogP contribution in [0.5, 0.6) is 0 Å². The number of hydrogen-bond acceptors (Lipinski definition) is 7. The maximum absolute atomic E-state index is 13.6. The molecule has 3 N–H and O–H groups in total. The number of carbonyl (C=O) groups is 2. The van der Waals surface area contributed by atoms with Crippen LogP contribution in [0.15, 0.2) is 36.9 Å². The van der Waals surface area contributed by atoms with Crippen molar-refractivity contribution in [2.75, 3.05) is 11.1 Å². The highest BCUT2D eigenvalue weighted by Gasteiger charge is 2.68. The number of fused-ring (bicyclic) bond motifs is 1. The first-order valence-corrected chi connectivity index (χ1v) is 16.9. The van der Waals surface area contributed by atoms with Gasteiger partial charge in [-0.15, -0.1) is 18.3 Å². The van der Waals surface area contributed by atoms with E-state index in [-0.39, 0.29) is 40.7 Å². The third-order valence-corrected chi connectivity index (χ3v) is 13.4. The van der Waals surface area contributed by atoms with Gasteiger partial charge < -0.3 is 20.1 Å². The summed E-state index contributed by atoms with van der Waals surface area (Å²) in [5, 5.41) is 15.6. The van der Waals surface area contributed by atoms with Crippen molar-refractivity contribution < 1.29 is 19.4 Å². The average molecular weight is 594 g/mol. The Morgan fingerprint density at radius 3 is 2.79 bits per heavy atom. The molecule has 6 rings (SSSR count). The number of imidazole rings is 1. The molecule has 4 saturated carbocycles. The quantitative estimate of drug-likeness (QED) is 0.248. The van der Waals surface area contributed by atoms with Crippen molar-refractivity contribution in [3.8, 4) is 0 Å². The number of hydrogen-bond donors (Lipinski definition) is 3. The van der Waals surface area contributed by atoms with E-state index in [9.17, 15) is 14.7 Å². The van der Waals surface area contributed by atoms with Crippen LogP contribution in [0, 0.1) is 34.0 Å². The molecular formula is C34H47N3O4S. The first-order chi connectivity index (χ1) is 20.0. The molecule has 1 aromatic carbocycles. The summed E-state index contributed by atoms with van der Waals surface area (Å²) >= 11 is 1.68. The van der Waals surface area contributed by atoms with Crippen LogP contribution in [0.3, 0.4) is 0 Å². The number of ether oxygens (including phenoxy) is 1. The minimum absolute atomic E-state index is 0.0283. The van der Waals surface area contributed by atoms with Gasteiger partial charge in [0.2, 0.25) is 5.95 Å². The van der Waals surface area contributed by atoms with Crippen molar-refractivity contribution in [2.45, 2.75) is 103 Å². The number of nitrogens with one attached hydrogen (secondary N) is 2. The molecule has 1 heterocycles. The van der Waals surface area contributed by atoms with Crippen LogP contribution in [0.25, 0.3) is 11.0 Å². The summed E-state index contributed by atoms with van der Waals surface area (Å²) in [7, 11) is 0. The van der Waals surface area contributed by atoms with E-state index >= 15 is 0 Å². The van der Waals surface area contributed by atoms with Crippen molar-refractivity contribution in [3.63, 3.8) is 0 Å². The van der Waals surface area contributed by atoms with Crippen LogP contribution in [-0.4, -0.2) is 56.1 Å². The Balaban J connectivity index is 1.14. The summed E-state index contributed by atoms with van der Waals surface area (Å²) in [5.74, 6) is 1.16. The number of aliphatic hydroxyl groups excluding tert-OH is 1. The first kappa shape index (κ1) is 29.7. The van der Waals surface area contributed by atoms with E-state index in [4.69, 9.17) is 4.74 Å². The summed E-state index contributed by atoms with van der Waals surface area (Å²) < 4.78 is 6.43. The van der Waals surface area contributed by atoms with Gasteiger partial charge in [0.15, 0.2) is 0 Å². The lowest BCUT2D eigenvalue weighted by Gasteiger charge is -2.61. The van der Waals surface area contributed by atoms with E-state index in [0.717, 1.165) is 55.5 Å². The monoisotopic (exact) mass is 593 g/mol. The molecule has 10 atom stereocenters. The lowest BCUT2D eigenvalue weighted by molar-refractivity contribution is -0.205. The second kappa shape index (κ2) is 11.0. The standard InChI is InChI=1S/C34H47N3O4S/c1-6-32(4)18-27(33(5)20(2)13-15-34(21(3)30(32)40)16-14-26(38)29(33)34)41-28(39)19-42-23-12-11-22(17-23)35-31-36-24-9-7-8-10-25(24)37-31/h6-10,20-23,27,29-30,40H,1,11-19H2,2-5H3,(H2,35,36,37)/t20-,21+,22?,23?,27-,29+,30+,32-,33+,34?/m1/s1. The number of nitrogens with zero attached hydrogens (tertiary/aromatic N) is 1. The highest BCUT2D eigenvalue weighted by Crippen LogP contribution is 2.68. The van der Waals surface area contributed by atoms with Crippen molar-refractivity contribution >= 4 is 40.5 Å². The van der Waals surface area contributed by atoms with Gasteiger partial charge in [0.1, 0.15) is 11.9 Å². The van der Waals surface area contributed by atoms with E-state index in [0.29, 0.717) is 24.1 Å². The van der Waals surface area contributed by atoms with Crippen molar-refractivity contribution in [1.29, 1.82) is 0 Å². The Kier molecular flexibility index (Phi) is 7.78. The number of aromatic amines is 1. The Morgan fingerprint density at radius 1 is 1.24 bits per heavy atom. The van der Waals surface area contributed by atoms with Gasteiger partial charge in [-0.3, -0.25) is 9.59 Å². The fourth-order valence-electron chi connectivity index (χ4n) is 9.32. The lowest BCUT2D eigenvalue weighted by Crippen LogP contribution is -2.63. The zero-order chi connectivity index (χ0) is 29.9. The van der Waals surface area contributed by atoms with Gasteiger partial charge in [0.05, 0.1) is 22.9 Å². The van der Waals surface area contributed by atoms with Gasteiger partial charge in [0.25, 0.3) is 0 Å². The van der Waals surface area contributed by atoms with Crippen molar-refractivity contribution in [1.82, 2.24) is 9.97 Å². The second-order valence-electron chi connectivity index (χ2n) is 14.3. The third kappa shape index (κ3) is 4.81. The normalized spacial score (nSPS) is 41.6. The number of ketones is 1. The Labute approximate surface area is 254 Å². The number of para-hydroxylation sites is 2. The molecule has 3 unspecified atom stereocenters. The summed E-state index contributed by atoms with van der Waals surface area (Å²) in [6.07, 6.45) is 7.54. The number of thioether (sulfide) groups is 1. The smallest absolute Gasteiger partial charge is 0.316 e. The molecule has 8 heteroatoms. The Morgan fingerprint density at radius 2 is 2.02 bits per heavy atom. The molecule has 0 spiro atoms. The van der Waals surface area contributed by atoms with Crippen molar-refractivity contribution in [3.05, 3.63) is 36.9 Å². The number of benzene rings is 1. The van der Waals surface area contributed by atoms with Gasteiger partial charge in [-0.2, -0.15) is 0 Å². The van der Waals surface area contributed by atoms with Gasteiger partial charge in [-0.05, 0) is 74.3 Å². The molecule has 7 nitrogen and oxygen atoms in total. The zero-order valence-corrected chi connectivity index (χ0v) is 26.3. The molecule has 228 valence electrons. The number of aliphatic hydroxyl groups is 1. The molecular weight excluding hydrogens is 546 g/mol. The SMILES string of the molecule is C=C[C@]1(C)C[C@@H](OC(=O)CSC2CCC(Nc3nc4ccccc4[nH]3)C2)[C@]2(C)[C@H](C)CCC3(CCC(=O)[C@H]32)[C@@H](C)[C@@H]1O. The number of H-pyrrole nitrogens is 1. The number of esters is 1. The number of Topliss-reactive ketones (excluding diaryl/α,β-unsaturated/α-hetero) is 1. The van der Waals surface area contributed by atoms with Gasteiger partial charge >= 0.3 is 5.97 Å². The van der Waals surface area contributed by atoms with Crippen LogP contribution < -0.4 is 5.32 Å². The van der Waals surface area contributed by atoms with E-state index < -0.39 is 23.0 Å². The number of anilines is 1. The molecule has 0 aliphatic heterocycles. The van der Waals surface area contributed by atoms with Crippen LogP contribution in [0.1, 0.15) is 79.1 Å². The minimum Gasteiger partial charge on any atom is -0.461 e. The summed E-state index contributed by atoms with van der Waals surface area (Å²) in [4.78, 5) is 35.1. The third-order valence-electron chi connectivity index (χ3n) is 12.1. The predicted octanol–water partition coefficient (Wildman–Crippen LogP) is 6.54. The molecule has 4 aliphatic carbocycles. The van der Waals surface area contributed by atoms with Gasteiger partial charge in [0, 0.05) is 34.5 Å². The topological polar surface area (TPSA) is 104 Å². The number of rotatable bonds is 7. The van der Waals surface area contributed by atoms with Crippen molar-refractivity contribution in [2.24, 2.45) is 34.0 Å². The van der Waals surface area contributed by atoms with E-state index in [1.807, 2.05) is 37.3 Å². The number of aromatic nitrogens is 2. The van der Waals surface area contributed by atoms with E-state index in [1.54, 1.807) is 11.8 Å². The summed E-state index contributed by atoms with van der Waals surface area (Å²) in [6.45, 7) is 12.7. The molecule has 4 fully saturated rings. The Bertz CT molecular complexity index is 1330. The Hall–Kier alpha value is -2.32. The molecule has 2 aromatic rings. The first-order valence-electron chi connectivity index (χ1n) is 15.9. The highest BCUT2D eigenvalue weighted by atomic mass is 32.2. The van der Waals surface area contributed by atoms with Crippen LogP contribution in [0.4, 0.5) is 5.95 Å². The fraction of sp³-hybridized carbons (Fsp3) is 0.676. The van der Waals surface area contributed by atoms with Crippen LogP contribution in [-0.2, 0) is 14.3 Å². The summed E-state index contributed by atoms with van der Waals surface area (Å²) in [6, 6.07) is 8.33. The minimum atomic E-state index is -0.647. The molecule has 4 aliphatic rings. The molecule has 42 heavy (non-hydrogen) atoms. The molecule has 2 bridgehead atoms. The average Bonchev–Trinajstić information content (AvgIpc) is 3.69. The second-order valence-corrected chi connectivity index (χ2v) is 15.5. The lowest BCUT2D eigenvalue weighted by atomic mass is 9.44. The van der Waals surface area contributed by atoms with E-state index in [2.05, 4.69) is 42.6 Å². The maximum Gasteiger partial charge on any atom is 0.316 e. The molecule has 0 radical (unpaired) electrons. The zero-order valence-electron chi connectivity index (χ0n) is 25.5. The van der Waals surface area contributed by atoms with Crippen LogP contribution >= 0.6 is 11.8 Å². The predicted molar refractivity (Wildman–Crippen MR) is 168 cm³/mol. The molecule has 0 saturated heterocycles. The van der Waals surface area contributed by atoms with Crippen LogP contribution in [0.2, 0.25) is 0 Å². The molecule has 0 amide bonds. The van der Waals surface area contributed by atoms with Gasteiger partial charge in [-0.25, -0.2) is 4.98 Å². The summed E-state index contributed by atoms with van der Waals surface area (Å²) in [5.41, 5.74) is 0.634. The number of carbonyl (C=O) groups excluding carboxylic acids is 2. The van der Waals surface area contributed by atoms with E-state index in [1.165, 1.54) is 0 Å². The largest absolute Gasteiger partial charge is 0.461 e. The van der Waals surface area contributed by atoms with Gasteiger partial charge in [-0.1, -0.05) is 45.9 Å².